The summed E-state index contributed by atoms with van der Waals surface area (Å²) in [4.78, 5) is 22.8. The smallest absolute Gasteiger partial charge is 0.315 e. The van der Waals surface area contributed by atoms with Crippen LogP contribution in [0.15, 0.2) is 24.3 Å². The molecule has 0 aliphatic carbocycles. The highest BCUT2D eigenvalue weighted by molar-refractivity contribution is 5.93. The predicted molar refractivity (Wildman–Crippen MR) is 74.9 cm³/mol. The Labute approximate surface area is 113 Å². The number of amides is 3. The van der Waals surface area contributed by atoms with Crippen molar-refractivity contribution in [1.29, 1.82) is 0 Å². The summed E-state index contributed by atoms with van der Waals surface area (Å²) in [6.45, 7) is 5.18. The summed E-state index contributed by atoms with van der Waals surface area (Å²) in [6.07, 6.45) is 0. The molecule has 19 heavy (non-hydrogen) atoms. The summed E-state index contributed by atoms with van der Waals surface area (Å²) in [7, 11) is 1.59. The molecule has 0 atom stereocenters. The number of urea groups is 1. The molecule has 0 saturated heterocycles. The van der Waals surface area contributed by atoms with Gasteiger partial charge in [-0.1, -0.05) is 26.0 Å². The number of carbonyl (C=O) groups is 2. The number of nitrogens with one attached hydrogen (secondary N) is 3. The van der Waals surface area contributed by atoms with Gasteiger partial charge in [0.1, 0.15) is 0 Å². The van der Waals surface area contributed by atoms with Crippen molar-refractivity contribution >= 4 is 11.9 Å². The largest absolute Gasteiger partial charge is 0.355 e. The van der Waals surface area contributed by atoms with E-state index in [0.717, 1.165) is 5.56 Å². The van der Waals surface area contributed by atoms with Gasteiger partial charge in [0.2, 0.25) is 0 Å². The van der Waals surface area contributed by atoms with Gasteiger partial charge < -0.3 is 16.0 Å². The molecule has 0 aliphatic heterocycles. The summed E-state index contributed by atoms with van der Waals surface area (Å²) >= 11 is 0. The lowest BCUT2D eigenvalue weighted by molar-refractivity contribution is 0.0963. The normalized spacial score (nSPS) is 10.1. The van der Waals surface area contributed by atoms with Crippen LogP contribution >= 0.6 is 0 Å². The van der Waals surface area contributed by atoms with Crippen LogP contribution < -0.4 is 16.0 Å². The predicted octanol–water partition coefficient (Wildman–Crippen LogP) is 1.50. The Balaban J connectivity index is 2.41. The summed E-state index contributed by atoms with van der Waals surface area (Å²) in [5.74, 6) is 0.312. The first-order chi connectivity index (χ1) is 9.02. The lowest BCUT2D eigenvalue weighted by atomic mass is 10.1. The Morgan fingerprint density at radius 3 is 2.26 bits per heavy atom. The lowest BCUT2D eigenvalue weighted by Gasteiger charge is -2.09. The van der Waals surface area contributed by atoms with Crippen LogP contribution in [0.4, 0.5) is 4.79 Å². The van der Waals surface area contributed by atoms with Gasteiger partial charge in [0, 0.05) is 25.7 Å². The topological polar surface area (TPSA) is 70.2 Å². The minimum Gasteiger partial charge on any atom is -0.355 e. The van der Waals surface area contributed by atoms with Crippen molar-refractivity contribution in [1.82, 2.24) is 16.0 Å². The van der Waals surface area contributed by atoms with Gasteiger partial charge in [-0.15, -0.1) is 0 Å². The van der Waals surface area contributed by atoms with Gasteiger partial charge in [0.15, 0.2) is 0 Å². The van der Waals surface area contributed by atoms with Crippen LogP contribution in [0.25, 0.3) is 0 Å². The fourth-order valence-electron chi connectivity index (χ4n) is 1.46. The second-order valence-electron chi connectivity index (χ2n) is 4.73. The van der Waals surface area contributed by atoms with E-state index < -0.39 is 0 Å². The zero-order valence-electron chi connectivity index (χ0n) is 11.6. The van der Waals surface area contributed by atoms with E-state index in [4.69, 9.17) is 0 Å². The summed E-state index contributed by atoms with van der Waals surface area (Å²) < 4.78 is 0. The fourth-order valence-corrected chi connectivity index (χ4v) is 1.46. The van der Waals surface area contributed by atoms with E-state index in [1.165, 1.54) is 0 Å². The van der Waals surface area contributed by atoms with Crippen LogP contribution in [0.5, 0.6) is 0 Å². The van der Waals surface area contributed by atoms with E-state index in [9.17, 15) is 9.59 Å². The van der Waals surface area contributed by atoms with E-state index >= 15 is 0 Å². The average molecular weight is 263 g/mol. The number of carbonyl (C=O) groups excluding carboxylic acids is 2. The molecule has 0 unspecified atom stereocenters. The standard InChI is InChI=1S/C14H21N3O2/c1-10(2)8-16-14(19)17-9-11-4-6-12(7-5-11)13(18)15-3/h4-7,10H,8-9H2,1-3H3,(H,15,18)(H2,16,17,19). The van der Waals surface area contributed by atoms with E-state index in [1.807, 2.05) is 26.0 Å². The Kier molecular flexibility index (Phi) is 5.85. The molecule has 0 spiro atoms. The monoisotopic (exact) mass is 263 g/mol. The molecule has 5 nitrogen and oxygen atoms in total. The van der Waals surface area contributed by atoms with Gasteiger partial charge in [-0.3, -0.25) is 4.79 Å². The second kappa shape index (κ2) is 7.41. The number of hydrogen-bond acceptors (Lipinski definition) is 2. The molecule has 5 heteroatoms. The minimum atomic E-state index is -0.177. The van der Waals surface area contributed by atoms with Crippen molar-refractivity contribution in [3.8, 4) is 0 Å². The third kappa shape index (κ3) is 5.42. The Bertz CT molecular complexity index is 427. The molecule has 0 heterocycles. The SMILES string of the molecule is CNC(=O)c1ccc(CNC(=O)NCC(C)C)cc1. The highest BCUT2D eigenvalue weighted by atomic mass is 16.2. The van der Waals surface area contributed by atoms with Crippen LogP contribution in [-0.4, -0.2) is 25.5 Å². The Morgan fingerprint density at radius 1 is 1.11 bits per heavy atom. The van der Waals surface area contributed by atoms with Crippen molar-refractivity contribution in [2.24, 2.45) is 5.92 Å². The summed E-state index contributed by atoms with van der Waals surface area (Å²) in [5, 5.41) is 8.10. The molecular formula is C14H21N3O2. The molecule has 0 saturated carbocycles. The van der Waals surface area contributed by atoms with Crippen LogP contribution in [-0.2, 0) is 6.54 Å². The average Bonchev–Trinajstić information content (AvgIpc) is 2.42. The van der Waals surface area contributed by atoms with Crippen LogP contribution in [0.1, 0.15) is 29.8 Å². The van der Waals surface area contributed by atoms with Crippen molar-refractivity contribution in [2.45, 2.75) is 20.4 Å². The number of benzene rings is 1. The summed E-state index contributed by atoms with van der Waals surface area (Å²) in [5.41, 5.74) is 1.56. The van der Waals surface area contributed by atoms with E-state index in [1.54, 1.807) is 19.2 Å². The third-order valence-corrected chi connectivity index (χ3v) is 2.57. The lowest BCUT2D eigenvalue weighted by Crippen LogP contribution is -2.37. The fraction of sp³-hybridized carbons (Fsp3) is 0.429. The maximum atomic E-state index is 11.5. The number of rotatable bonds is 5. The molecule has 0 aliphatic rings. The Morgan fingerprint density at radius 2 is 1.74 bits per heavy atom. The zero-order valence-corrected chi connectivity index (χ0v) is 11.6. The zero-order chi connectivity index (χ0) is 14.3. The van der Waals surface area contributed by atoms with Crippen molar-refractivity contribution < 1.29 is 9.59 Å². The van der Waals surface area contributed by atoms with Gasteiger partial charge in [-0.05, 0) is 23.6 Å². The van der Waals surface area contributed by atoms with Crippen molar-refractivity contribution in [3.05, 3.63) is 35.4 Å². The molecule has 0 radical (unpaired) electrons. The Hall–Kier alpha value is -2.04. The first-order valence-corrected chi connectivity index (χ1v) is 6.35. The van der Waals surface area contributed by atoms with Gasteiger partial charge in [-0.25, -0.2) is 4.79 Å². The second-order valence-corrected chi connectivity index (χ2v) is 4.73. The quantitative estimate of drug-likeness (QED) is 0.753. The minimum absolute atomic E-state index is 0.116. The van der Waals surface area contributed by atoms with E-state index in [-0.39, 0.29) is 11.9 Å². The van der Waals surface area contributed by atoms with Crippen LogP contribution in [0.2, 0.25) is 0 Å². The number of hydrogen-bond donors (Lipinski definition) is 3. The van der Waals surface area contributed by atoms with Gasteiger partial charge in [0.05, 0.1) is 0 Å². The van der Waals surface area contributed by atoms with Gasteiger partial charge in [0.25, 0.3) is 5.91 Å². The molecule has 0 bridgehead atoms. The molecule has 1 rings (SSSR count). The summed E-state index contributed by atoms with van der Waals surface area (Å²) in [6, 6.07) is 6.95. The van der Waals surface area contributed by atoms with E-state index in [0.29, 0.717) is 24.6 Å². The highest BCUT2D eigenvalue weighted by Crippen LogP contribution is 2.04. The van der Waals surface area contributed by atoms with Gasteiger partial charge >= 0.3 is 6.03 Å². The van der Waals surface area contributed by atoms with Crippen LogP contribution in [0, 0.1) is 5.92 Å². The van der Waals surface area contributed by atoms with Crippen molar-refractivity contribution in [2.75, 3.05) is 13.6 Å². The highest BCUT2D eigenvalue weighted by Gasteiger charge is 2.04. The molecule has 104 valence electrons. The molecule has 0 aromatic heterocycles. The third-order valence-electron chi connectivity index (χ3n) is 2.57. The molecule has 1 aromatic rings. The molecule has 0 fully saturated rings. The van der Waals surface area contributed by atoms with Crippen LogP contribution in [0.3, 0.4) is 0 Å². The maximum absolute atomic E-state index is 11.5. The molecular weight excluding hydrogens is 242 g/mol. The first kappa shape index (κ1) is 15.0. The molecule has 1 aromatic carbocycles. The first-order valence-electron chi connectivity index (χ1n) is 6.35. The van der Waals surface area contributed by atoms with Crippen molar-refractivity contribution in [3.63, 3.8) is 0 Å². The molecule has 3 amide bonds. The van der Waals surface area contributed by atoms with Gasteiger partial charge in [-0.2, -0.15) is 0 Å². The molecule has 3 N–H and O–H groups in total. The maximum Gasteiger partial charge on any atom is 0.315 e. The van der Waals surface area contributed by atoms with E-state index in [2.05, 4.69) is 16.0 Å².